The molecule has 21 heavy (non-hydrogen) atoms. The molecule has 5 heteroatoms. The number of nitrogens with one attached hydrogen (secondary N) is 1. The Bertz CT molecular complexity index is 608. The van der Waals surface area contributed by atoms with Crippen LogP contribution in [0.4, 0.5) is 0 Å². The molecule has 0 radical (unpaired) electrons. The molecule has 4 nitrogen and oxygen atoms in total. The molecule has 1 heterocycles. The molecule has 1 aromatic carbocycles. The predicted octanol–water partition coefficient (Wildman–Crippen LogP) is 2.31. The van der Waals surface area contributed by atoms with E-state index in [0.29, 0.717) is 16.7 Å². The number of sulfone groups is 1. The summed E-state index contributed by atoms with van der Waals surface area (Å²) < 4.78 is 29.4. The van der Waals surface area contributed by atoms with Crippen LogP contribution in [0.15, 0.2) is 29.2 Å². The molecule has 2 aliphatic rings. The first-order chi connectivity index (χ1) is 10.1. The Labute approximate surface area is 126 Å². The van der Waals surface area contributed by atoms with E-state index in [2.05, 4.69) is 5.32 Å². The summed E-state index contributed by atoms with van der Waals surface area (Å²) in [7, 11) is -1.35. The van der Waals surface area contributed by atoms with Gasteiger partial charge in [-0.15, -0.1) is 0 Å². The third-order valence-corrected chi connectivity index (χ3v) is 6.64. The zero-order valence-corrected chi connectivity index (χ0v) is 13.3. The highest BCUT2D eigenvalue weighted by atomic mass is 32.2. The zero-order valence-electron chi connectivity index (χ0n) is 12.5. The van der Waals surface area contributed by atoms with Crippen LogP contribution in [-0.2, 0) is 14.6 Å². The normalized spacial score (nSPS) is 25.3. The molecule has 1 unspecified atom stereocenters. The van der Waals surface area contributed by atoms with Crippen molar-refractivity contribution in [3.8, 4) is 0 Å². The lowest BCUT2D eigenvalue weighted by atomic mass is 9.99. The van der Waals surface area contributed by atoms with Gasteiger partial charge in [-0.1, -0.05) is 18.2 Å². The fourth-order valence-electron chi connectivity index (χ4n) is 3.15. The first-order valence-electron chi connectivity index (χ1n) is 7.60. The lowest BCUT2D eigenvalue weighted by Gasteiger charge is -2.28. The average Bonchev–Trinajstić information content (AvgIpc) is 3.25. The molecule has 1 atom stereocenters. The number of rotatable bonds is 6. The Morgan fingerprint density at radius 2 is 2.10 bits per heavy atom. The van der Waals surface area contributed by atoms with Crippen LogP contribution in [0.1, 0.15) is 37.3 Å². The van der Waals surface area contributed by atoms with Crippen molar-refractivity contribution in [3.05, 3.63) is 29.8 Å². The summed E-state index contributed by atoms with van der Waals surface area (Å²) in [6.07, 6.45) is 4.24. The Morgan fingerprint density at radius 3 is 2.81 bits per heavy atom. The number of methoxy groups -OCH3 is 1. The van der Waals surface area contributed by atoms with Crippen molar-refractivity contribution in [1.29, 1.82) is 0 Å². The molecular formula is C16H23NO3S. The number of hydrogen-bond acceptors (Lipinski definition) is 4. The fourth-order valence-corrected chi connectivity index (χ4v) is 4.77. The minimum Gasteiger partial charge on any atom is -0.385 e. The van der Waals surface area contributed by atoms with Crippen LogP contribution in [0, 0.1) is 5.41 Å². The Hall–Kier alpha value is -0.910. The minimum absolute atomic E-state index is 0.157. The molecule has 116 valence electrons. The van der Waals surface area contributed by atoms with Gasteiger partial charge < -0.3 is 10.1 Å². The minimum atomic E-state index is -3.09. The average molecular weight is 309 g/mol. The monoisotopic (exact) mass is 309 g/mol. The summed E-state index contributed by atoms with van der Waals surface area (Å²) in [6.45, 7) is 1.76. The number of fused-ring (bicyclic) bond motifs is 1. The van der Waals surface area contributed by atoms with Crippen molar-refractivity contribution in [2.45, 2.75) is 36.6 Å². The maximum atomic E-state index is 12.1. The summed E-state index contributed by atoms with van der Waals surface area (Å²) in [4.78, 5) is 0.510. The molecule has 1 aliphatic carbocycles. The van der Waals surface area contributed by atoms with Gasteiger partial charge in [0.05, 0.1) is 10.6 Å². The van der Waals surface area contributed by atoms with Gasteiger partial charge in [0.2, 0.25) is 0 Å². The second-order valence-corrected chi connectivity index (χ2v) is 8.40. The second kappa shape index (κ2) is 5.71. The molecule has 1 aromatic rings. The van der Waals surface area contributed by atoms with Crippen LogP contribution in [-0.4, -0.2) is 34.4 Å². The number of benzene rings is 1. The van der Waals surface area contributed by atoms with Crippen LogP contribution < -0.4 is 5.32 Å². The van der Waals surface area contributed by atoms with E-state index in [-0.39, 0.29) is 11.8 Å². The Morgan fingerprint density at radius 1 is 1.33 bits per heavy atom. The first kappa shape index (κ1) is 15.0. The van der Waals surface area contributed by atoms with Gasteiger partial charge in [-0.3, -0.25) is 0 Å². The van der Waals surface area contributed by atoms with E-state index in [1.54, 1.807) is 19.2 Å². The summed E-state index contributed by atoms with van der Waals surface area (Å²) in [5, 5.41) is 3.61. The Balaban J connectivity index is 1.70. The summed E-state index contributed by atoms with van der Waals surface area (Å²) >= 11 is 0. The van der Waals surface area contributed by atoms with Crippen molar-refractivity contribution in [1.82, 2.24) is 5.32 Å². The molecule has 0 aromatic heterocycles. The van der Waals surface area contributed by atoms with Gasteiger partial charge in [-0.25, -0.2) is 8.42 Å². The molecule has 1 aliphatic heterocycles. The quantitative estimate of drug-likeness (QED) is 0.876. The molecule has 1 fully saturated rings. The largest absolute Gasteiger partial charge is 0.385 e. The highest BCUT2D eigenvalue weighted by Crippen LogP contribution is 2.48. The van der Waals surface area contributed by atoms with Crippen LogP contribution in [0.25, 0.3) is 0 Å². The highest BCUT2D eigenvalue weighted by Gasteiger charge is 2.42. The Kier molecular flexibility index (Phi) is 4.08. The third-order valence-electron chi connectivity index (χ3n) is 4.82. The lowest BCUT2D eigenvalue weighted by molar-refractivity contribution is 0.170. The van der Waals surface area contributed by atoms with Gasteiger partial charge in [0.15, 0.2) is 9.84 Å². The van der Waals surface area contributed by atoms with Crippen molar-refractivity contribution >= 4 is 9.84 Å². The number of ether oxygens (including phenoxy) is 1. The molecule has 0 amide bonds. The topological polar surface area (TPSA) is 55.4 Å². The van der Waals surface area contributed by atoms with Crippen molar-refractivity contribution in [3.63, 3.8) is 0 Å². The van der Waals surface area contributed by atoms with Gasteiger partial charge >= 0.3 is 0 Å². The maximum absolute atomic E-state index is 12.1. The van der Waals surface area contributed by atoms with Gasteiger partial charge in [-0.05, 0) is 42.7 Å². The van der Waals surface area contributed by atoms with Gasteiger partial charge in [-0.2, -0.15) is 0 Å². The lowest BCUT2D eigenvalue weighted by Crippen LogP contribution is -2.33. The molecule has 1 N–H and O–H groups in total. The van der Waals surface area contributed by atoms with Crippen LogP contribution >= 0.6 is 0 Å². The summed E-state index contributed by atoms with van der Waals surface area (Å²) in [6, 6.07) is 7.56. The molecule has 3 rings (SSSR count). The third kappa shape index (κ3) is 3.15. The van der Waals surface area contributed by atoms with Crippen LogP contribution in [0.3, 0.4) is 0 Å². The molecule has 1 saturated carbocycles. The maximum Gasteiger partial charge on any atom is 0.178 e. The van der Waals surface area contributed by atoms with E-state index in [1.165, 1.54) is 12.8 Å². The summed E-state index contributed by atoms with van der Waals surface area (Å²) in [5.74, 6) is 0.243. The SMILES string of the molecule is COCCC1(CNC2CCS(=O)(=O)c3ccccc32)CC1. The van der Waals surface area contributed by atoms with E-state index in [9.17, 15) is 8.42 Å². The predicted molar refractivity (Wildman–Crippen MR) is 82.0 cm³/mol. The van der Waals surface area contributed by atoms with E-state index < -0.39 is 9.84 Å². The van der Waals surface area contributed by atoms with Gasteiger partial charge in [0.25, 0.3) is 0 Å². The van der Waals surface area contributed by atoms with Crippen LogP contribution in [0.5, 0.6) is 0 Å². The van der Waals surface area contributed by atoms with E-state index in [0.717, 1.165) is 25.1 Å². The molecule has 0 bridgehead atoms. The zero-order chi connectivity index (χ0) is 14.9. The molecule has 0 saturated heterocycles. The summed E-state index contributed by atoms with van der Waals surface area (Å²) in [5.41, 5.74) is 1.31. The van der Waals surface area contributed by atoms with Crippen molar-refractivity contribution < 1.29 is 13.2 Å². The fraction of sp³-hybridized carbons (Fsp3) is 0.625. The smallest absolute Gasteiger partial charge is 0.178 e. The van der Waals surface area contributed by atoms with Crippen molar-refractivity contribution in [2.75, 3.05) is 26.0 Å². The molecule has 0 spiro atoms. The second-order valence-electron chi connectivity index (χ2n) is 6.32. The number of hydrogen-bond donors (Lipinski definition) is 1. The van der Waals surface area contributed by atoms with Crippen LogP contribution in [0.2, 0.25) is 0 Å². The van der Waals surface area contributed by atoms with Gasteiger partial charge in [0, 0.05) is 26.3 Å². The van der Waals surface area contributed by atoms with Crippen molar-refractivity contribution in [2.24, 2.45) is 5.41 Å². The van der Waals surface area contributed by atoms with E-state index >= 15 is 0 Å². The van der Waals surface area contributed by atoms with E-state index in [1.807, 2.05) is 12.1 Å². The highest BCUT2D eigenvalue weighted by molar-refractivity contribution is 7.91. The first-order valence-corrected chi connectivity index (χ1v) is 9.26. The standard InChI is InChI=1S/C16H23NO3S/c1-20-10-9-16(7-8-16)12-17-14-6-11-21(18,19)15-5-3-2-4-13(14)15/h2-5,14,17H,6-12H2,1H3. The van der Waals surface area contributed by atoms with E-state index in [4.69, 9.17) is 4.74 Å². The molecular weight excluding hydrogens is 286 g/mol. The van der Waals surface area contributed by atoms with Gasteiger partial charge in [0.1, 0.15) is 0 Å².